The van der Waals surface area contributed by atoms with E-state index >= 15 is 0 Å². The van der Waals surface area contributed by atoms with Crippen molar-refractivity contribution >= 4 is 5.91 Å². The lowest BCUT2D eigenvalue weighted by atomic mass is 10.0. The van der Waals surface area contributed by atoms with Crippen molar-refractivity contribution in [2.45, 2.75) is 25.8 Å². The minimum Gasteiger partial charge on any atom is -0.379 e. The molecule has 0 aromatic heterocycles. The van der Waals surface area contributed by atoms with E-state index < -0.39 is 0 Å². The molecule has 1 aliphatic heterocycles. The van der Waals surface area contributed by atoms with E-state index in [1.165, 1.54) is 0 Å². The van der Waals surface area contributed by atoms with Crippen molar-refractivity contribution in [1.29, 1.82) is 0 Å². The Bertz CT molecular complexity index is 231. The minimum atomic E-state index is 0.119. The van der Waals surface area contributed by atoms with E-state index in [4.69, 9.17) is 4.74 Å². The number of ether oxygens (including phenoxy) is 1. The Morgan fingerprint density at radius 2 is 2.44 bits per heavy atom. The fourth-order valence-corrected chi connectivity index (χ4v) is 1.86. The van der Waals surface area contributed by atoms with Gasteiger partial charge < -0.3 is 15.4 Å². The van der Waals surface area contributed by atoms with Crippen molar-refractivity contribution in [3.63, 3.8) is 0 Å². The summed E-state index contributed by atoms with van der Waals surface area (Å²) in [5, 5.41) is 6.17. The van der Waals surface area contributed by atoms with Crippen LogP contribution in [0.2, 0.25) is 0 Å². The van der Waals surface area contributed by atoms with Gasteiger partial charge in [0.2, 0.25) is 5.91 Å². The van der Waals surface area contributed by atoms with E-state index in [2.05, 4.69) is 24.1 Å². The van der Waals surface area contributed by atoms with Crippen LogP contribution in [0.4, 0.5) is 0 Å². The maximum absolute atomic E-state index is 11.7. The third-order valence-electron chi connectivity index (χ3n) is 2.87. The predicted octanol–water partition coefficient (Wildman–Crippen LogP) is 0.693. The van der Waals surface area contributed by atoms with Gasteiger partial charge in [-0.15, -0.1) is 6.58 Å². The van der Waals surface area contributed by atoms with E-state index in [0.29, 0.717) is 25.8 Å². The van der Waals surface area contributed by atoms with Crippen LogP contribution >= 0.6 is 0 Å². The lowest BCUT2D eigenvalue weighted by molar-refractivity contribution is -0.125. The average molecular weight is 226 g/mol. The third-order valence-corrected chi connectivity index (χ3v) is 2.87. The highest BCUT2D eigenvalue weighted by Crippen LogP contribution is 2.14. The number of carbonyl (C=O) groups excluding carboxylic acids is 1. The van der Waals surface area contributed by atoms with E-state index in [-0.39, 0.29) is 11.8 Å². The summed E-state index contributed by atoms with van der Waals surface area (Å²) in [6.07, 6.45) is 3.62. The SMILES string of the molecule is C=CCCOCCNC(=O)C1CCNC1C. The molecule has 1 aliphatic rings. The molecular weight excluding hydrogens is 204 g/mol. The molecule has 0 aromatic carbocycles. The van der Waals surface area contributed by atoms with Crippen LogP contribution in [0.5, 0.6) is 0 Å². The Balaban J connectivity index is 2.04. The first-order chi connectivity index (χ1) is 7.75. The van der Waals surface area contributed by atoms with Gasteiger partial charge in [0.05, 0.1) is 19.1 Å². The molecule has 2 unspecified atom stereocenters. The lowest BCUT2D eigenvalue weighted by Gasteiger charge is -2.14. The summed E-state index contributed by atoms with van der Waals surface area (Å²) in [5.41, 5.74) is 0. The second kappa shape index (κ2) is 7.41. The number of amides is 1. The largest absolute Gasteiger partial charge is 0.379 e. The smallest absolute Gasteiger partial charge is 0.224 e. The molecule has 2 N–H and O–H groups in total. The molecule has 1 fully saturated rings. The zero-order valence-electron chi connectivity index (χ0n) is 10.00. The third kappa shape index (κ3) is 4.33. The number of hydrogen-bond donors (Lipinski definition) is 2. The Labute approximate surface area is 97.4 Å². The molecule has 0 aliphatic carbocycles. The lowest BCUT2D eigenvalue weighted by Crippen LogP contribution is -2.38. The summed E-state index contributed by atoms with van der Waals surface area (Å²) in [4.78, 5) is 11.7. The van der Waals surface area contributed by atoms with Crippen molar-refractivity contribution in [1.82, 2.24) is 10.6 Å². The maximum Gasteiger partial charge on any atom is 0.224 e. The molecule has 1 saturated heterocycles. The topological polar surface area (TPSA) is 50.4 Å². The number of hydrogen-bond acceptors (Lipinski definition) is 3. The number of rotatable bonds is 7. The van der Waals surface area contributed by atoms with Gasteiger partial charge in [-0.3, -0.25) is 4.79 Å². The van der Waals surface area contributed by atoms with Gasteiger partial charge in [0.25, 0.3) is 0 Å². The molecule has 4 nitrogen and oxygen atoms in total. The van der Waals surface area contributed by atoms with Gasteiger partial charge in [-0.05, 0) is 26.3 Å². The predicted molar refractivity (Wildman–Crippen MR) is 64.2 cm³/mol. The summed E-state index contributed by atoms with van der Waals surface area (Å²) in [6, 6.07) is 0.293. The Morgan fingerprint density at radius 3 is 3.06 bits per heavy atom. The van der Waals surface area contributed by atoms with Gasteiger partial charge in [-0.2, -0.15) is 0 Å². The van der Waals surface area contributed by atoms with Crippen LogP contribution in [0.25, 0.3) is 0 Å². The molecule has 0 saturated carbocycles. The highest BCUT2D eigenvalue weighted by Gasteiger charge is 2.28. The standard InChI is InChI=1S/C12H22N2O2/c1-3-4-8-16-9-7-14-12(15)11-5-6-13-10(11)2/h3,10-11,13H,1,4-9H2,2H3,(H,14,15). The zero-order valence-corrected chi connectivity index (χ0v) is 10.00. The van der Waals surface area contributed by atoms with Gasteiger partial charge in [-0.1, -0.05) is 6.08 Å². The molecule has 1 amide bonds. The minimum absolute atomic E-state index is 0.119. The monoisotopic (exact) mass is 226 g/mol. The van der Waals surface area contributed by atoms with Gasteiger partial charge in [-0.25, -0.2) is 0 Å². The first-order valence-corrected chi connectivity index (χ1v) is 5.95. The Hall–Kier alpha value is -0.870. The van der Waals surface area contributed by atoms with Crippen LogP contribution in [-0.2, 0) is 9.53 Å². The maximum atomic E-state index is 11.7. The summed E-state index contributed by atoms with van der Waals surface area (Å²) in [5.74, 6) is 0.262. The van der Waals surface area contributed by atoms with Gasteiger partial charge in [0.1, 0.15) is 0 Å². The first-order valence-electron chi connectivity index (χ1n) is 5.95. The highest BCUT2D eigenvalue weighted by atomic mass is 16.5. The van der Waals surface area contributed by atoms with Crippen LogP contribution in [-0.4, -0.2) is 38.3 Å². The zero-order chi connectivity index (χ0) is 11.8. The second-order valence-electron chi connectivity index (χ2n) is 4.12. The fraction of sp³-hybridized carbons (Fsp3) is 0.750. The van der Waals surface area contributed by atoms with Gasteiger partial charge >= 0.3 is 0 Å². The Kier molecular flexibility index (Phi) is 6.11. The van der Waals surface area contributed by atoms with Crippen LogP contribution in [0.3, 0.4) is 0 Å². The van der Waals surface area contributed by atoms with Crippen molar-refractivity contribution in [3.05, 3.63) is 12.7 Å². The normalized spacial score (nSPS) is 24.3. The highest BCUT2D eigenvalue weighted by molar-refractivity contribution is 5.79. The van der Waals surface area contributed by atoms with E-state index in [1.807, 2.05) is 6.08 Å². The molecule has 1 rings (SSSR count). The molecule has 16 heavy (non-hydrogen) atoms. The van der Waals surface area contributed by atoms with E-state index in [0.717, 1.165) is 19.4 Å². The molecule has 4 heteroatoms. The van der Waals surface area contributed by atoms with Gasteiger partial charge in [0.15, 0.2) is 0 Å². The summed E-state index contributed by atoms with van der Waals surface area (Å²) in [7, 11) is 0. The van der Waals surface area contributed by atoms with Crippen LogP contribution in [0.1, 0.15) is 19.8 Å². The molecule has 0 aromatic rings. The molecular formula is C12H22N2O2. The first kappa shape index (κ1) is 13.2. The summed E-state index contributed by atoms with van der Waals surface area (Å²) < 4.78 is 5.31. The number of carbonyl (C=O) groups is 1. The molecule has 0 radical (unpaired) electrons. The Morgan fingerprint density at radius 1 is 1.62 bits per heavy atom. The quantitative estimate of drug-likeness (QED) is 0.496. The number of nitrogens with one attached hydrogen (secondary N) is 2. The van der Waals surface area contributed by atoms with Crippen LogP contribution in [0, 0.1) is 5.92 Å². The van der Waals surface area contributed by atoms with Crippen molar-refractivity contribution in [3.8, 4) is 0 Å². The van der Waals surface area contributed by atoms with Crippen molar-refractivity contribution < 1.29 is 9.53 Å². The second-order valence-corrected chi connectivity index (χ2v) is 4.12. The van der Waals surface area contributed by atoms with Crippen LogP contribution in [0.15, 0.2) is 12.7 Å². The molecule has 92 valence electrons. The van der Waals surface area contributed by atoms with E-state index in [1.54, 1.807) is 0 Å². The van der Waals surface area contributed by atoms with Gasteiger partial charge in [0, 0.05) is 12.6 Å². The fourth-order valence-electron chi connectivity index (χ4n) is 1.86. The molecule has 2 atom stereocenters. The molecule has 1 heterocycles. The summed E-state index contributed by atoms with van der Waals surface area (Å²) >= 11 is 0. The average Bonchev–Trinajstić information content (AvgIpc) is 2.69. The summed E-state index contributed by atoms with van der Waals surface area (Å²) in [6.45, 7) is 8.46. The van der Waals surface area contributed by atoms with E-state index in [9.17, 15) is 4.79 Å². The van der Waals surface area contributed by atoms with Crippen molar-refractivity contribution in [2.24, 2.45) is 5.92 Å². The molecule has 0 spiro atoms. The molecule has 0 bridgehead atoms. The van der Waals surface area contributed by atoms with Crippen molar-refractivity contribution in [2.75, 3.05) is 26.3 Å². The van der Waals surface area contributed by atoms with Crippen LogP contribution < -0.4 is 10.6 Å².